The molecule has 1 amide bonds. The number of carbonyl (C=O) groups excluding carboxylic acids is 1. The van der Waals surface area contributed by atoms with Gasteiger partial charge in [0.2, 0.25) is 10.0 Å². The minimum Gasteiger partial charge on any atom is -0.336 e. The van der Waals surface area contributed by atoms with E-state index in [2.05, 4.69) is 5.10 Å². The van der Waals surface area contributed by atoms with Crippen LogP contribution in [0.1, 0.15) is 23.3 Å². The lowest BCUT2D eigenvalue weighted by molar-refractivity contribution is 0.0716. The van der Waals surface area contributed by atoms with Crippen molar-refractivity contribution >= 4 is 15.9 Å². The summed E-state index contributed by atoms with van der Waals surface area (Å²) >= 11 is 0. The fourth-order valence-corrected chi connectivity index (χ4v) is 3.02. The maximum Gasteiger partial charge on any atom is 0.272 e. The van der Waals surface area contributed by atoms with Gasteiger partial charge in [-0.05, 0) is 18.9 Å². The standard InChI is InChI=1S/C10H16N4O3S/c1-13-9(4-5-12-13)10(15)14-6-2-3-8(7-14)18(11,16)17/h4-5,8H,2-3,6-7H2,1H3,(H2,11,16,17). The van der Waals surface area contributed by atoms with Crippen LogP contribution in [0.25, 0.3) is 0 Å². The second-order valence-electron chi connectivity index (χ2n) is 4.44. The molecular formula is C10H16N4O3S. The predicted molar refractivity (Wildman–Crippen MR) is 65.2 cm³/mol. The maximum atomic E-state index is 12.2. The summed E-state index contributed by atoms with van der Waals surface area (Å²) in [5.41, 5.74) is 0.449. The van der Waals surface area contributed by atoms with Crippen molar-refractivity contribution in [2.75, 3.05) is 13.1 Å². The summed E-state index contributed by atoms with van der Waals surface area (Å²) in [7, 11) is -1.91. The molecule has 0 saturated carbocycles. The summed E-state index contributed by atoms with van der Waals surface area (Å²) in [6.07, 6.45) is 2.69. The second kappa shape index (κ2) is 4.69. The number of sulfonamides is 1. The van der Waals surface area contributed by atoms with Gasteiger partial charge >= 0.3 is 0 Å². The van der Waals surface area contributed by atoms with Crippen molar-refractivity contribution in [3.05, 3.63) is 18.0 Å². The smallest absolute Gasteiger partial charge is 0.272 e. The van der Waals surface area contributed by atoms with Crippen LogP contribution in [0.2, 0.25) is 0 Å². The van der Waals surface area contributed by atoms with Crippen molar-refractivity contribution in [1.29, 1.82) is 0 Å². The van der Waals surface area contributed by atoms with E-state index in [0.717, 1.165) is 0 Å². The molecule has 100 valence electrons. The third-order valence-corrected chi connectivity index (χ3v) is 4.48. The number of aromatic nitrogens is 2. The zero-order chi connectivity index (χ0) is 13.3. The molecule has 1 fully saturated rings. The van der Waals surface area contributed by atoms with Gasteiger partial charge in [0, 0.05) is 26.3 Å². The molecule has 1 aliphatic heterocycles. The number of aryl methyl sites for hydroxylation is 1. The number of nitrogens with zero attached hydrogens (tertiary/aromatic N) is 3. The lowest BCUT2D eigenvalue weighted by Gasteiger charge is -2.31. The number of rotatable bonds is 2. The Kier molecular flexibility index (Phi) is 3.40. The number of hydrogen-bond donors (Lipinski definition) is 1. The van der Waals surface area contributed by atoms with Gasteiger partial charge in [0.25, 0.3) is 5.91 Å². The summed E-state index contributed by atoms with van der Waals surface area (Å²) in [5, 5.41) is 8.40. The van der Waals surface area contributed by atoms with Crippen molar-refractivity contribution in [2.45, 2.75) is 18.1 Å². The average Bonchev–Trinajstić information content (AvgIpc) is 2.73. The number of piperidine rings is 1. The van der Waals surface area contributed by atoms with Crippen LogP contribution < -0.4 is 5.14 Å². The van der Waals surface area contributed by atoms with Gasteiger partial charge < -0.3 is 4.90 Å². The zero-order valence-electron chi connectivity index (χ0n) is 10.1. The van der Waals surface area contributed by atoms with Crippen LogP contribution in [0.4, 0.5) is 0 Å². The molecular weight excluding hydrogens is 256 g/mol. The molecule has 0 radical (unpaired) electrons. The van der Waals surface area contributed by atoms with Gasteiger partial charge in [-0.2, -0.15) is 5.10 Å². The molecule has 0 spiro atoms. The van der Waals surface area contributed by atoms with E-state index in [1.54, 1.807) is 13.1 Å². The van der Waals surface area contributed by atoms with E-state index in [1.807, 2.05) is 0 Å². The molecule has 2 heterocycles. The number of primary sulfonamides is 1. The average molecular weight is 272 g/mol. The lowest BCUT2D eigenvalue weighted by Crippen LogP contribution is -2.47. The van der Waals surface area contributed by atoms with Gasteiger partial charge in [0.05, 0.1) is 5.25 Å². The van der Waals surface area contributed by atoms with E-state index in [0.29, 0.717) is 25.1 Å². The zero-order valence-corrected chi connectivity index (χ0v) is 10.9. The Balaban J connectivity index is 2.15. The third-order valence-electron chi connectivity index (χ3n) is 3.17. The van der Waals surface area contributed by atoms with Gasteiger partial charge in [-0.15, -0.1) is 0 Å². The molecule has 2 N–H and O–H groups in total. The Morgan fingerprint density at radius 3 is 2.83 bits per heavy atom. The van der Waals surface area contributed by atoms with Crippen molar-refractivity contribution in [1.82, 2.24) is 14.7 Å². The topological polar surface area (TPSA) is 98.3 Å². The first kappa shape index (κ1) is 13.0. The molecule has 7 nitrogen and oxygen atoms in total. The van der Waals surface area contributed by atoms with Crippen molar-refractivity contribution in [3.63, 3.8) is 0 Å². The van der Waals surface area contributed by atoms with E-state index in [9.17, 15) is 13.2 Å². The van der Waals surface area contributed by atoms with Crippen LogP contribution in [0.5, 0.6) is 0 Å². The highest BCUT2D eigenvalue weighted by Gasteiger charge is 2.31. The van der Waals surface area contributed by atoms with Gasteiger partial charge in [0.15, 0.2) is 0 Å². The van der Waals surface area contributed by atoms with Crippen molar-refractivity contribution < 1.29 is 13.2 Å². The van der Waals surface area contributed by atoms with E-state index >= 15 is 0 Å². The first-order valence-corrected chi connectivity index (χ1v) is 7.29. The molecule has 8 heteroatoms. The SMILES string of the molecule is Cn1nccc1C(=O)N1CCCC(S(N)(=O)=O)C1. The molecule has 1 aromatic rings. The minimum absolute atomic E-state index is 0.156. The summed E-state index contributed by atoms with van der Waals surface area (Å²) in [4.78, 5) is 13.7. The summed E-state index contributed by atoms with van der Waals surface area (Å²) in [6, 6.07) is 1.61. The number of hydrogen-bond acceptors (Lipinski definition) is 4. The Morgan fingerprint density at radius 2 is 2.28 bits per heavy atom. The molecule has 1 saturated heterocycles. The molecule has 1 aliphatic rings. The van der Waals surface area contributed by atoms with Crippen LogP contribution in [-0.4, -0.2) is 47.3 Å². The van der Waals surface area contributed by atoms with Crippen LogP contribution in [0.15, 0.2) is 12.3 Å². The molecule has 0 aliphatic carbocycles. The van der Waals surface area contributed by atoms with Crippen LogP contribution in [0, 0.1) is 0 Å². The van der Waals surface area contributed by atoms with Crippen molar-refractivity contribution in [2.24, 2.45) is 12.2 Å². The summed E-state index contributed by atoms with van der Waals surface area (Å²) < 4.78 is 24.1. The van der Waals surface area contributed by atoms with Crippen molar-refractivity contribution in [3.8, 4) is 0 Å². The normalized spacial score (nSPS) is 21.0. The number of carbonyl (C=O) groups is 1. The first-order chi connectivity index (χ1) is 8.39. The molecule has 1 unspecified atom stereocenters. The molecule has 2 rings (SSSR count). The largest absolute Gasteiger partial charge is 0.336 e. The van der Waals surface area contributed by atoms with E-state index in [4.69, 9.17) is 5.14 Å². The monoisotopic (exact) mass is 272 g/mol. The number of nitrogens with two attached hydrogens (primary N) is 1. The van der Waals surface area contributed by atoms with Gasteiger partial charge in [-0.25, -0.2) is 13.6 Å². The highest BCUT2D eigenvalue weighted by Crippen LogP contribution is 2.17. The van der Waals surface area contributed by atoms with Crippen LogP contribution >= 0.6 is 0 Å². The number of likely N-dealkylation sites (tertiary alicyclic amines) is 1. The Labute approximate surface area is 106 Å². The highest BCUT2D eigenvalue weighted by molar-refractivity contribution is 7.89. The summed E-state index contributed by atoms with van der Waals surface area (Å²) in [6.45, 7) is 0.707. The van der Waals surface area contributed by atoms with E-state index < -0.39 is 15.3 Å². The molecule has 1 aromatic heterocycles. The fraction of sp³-hybridized carbons (Fsp3) is 0.600. The number of amides is 1. The quantitative estimate of drug-likeness (QED) is 0.770. The molecule has 1 atom stereocenters. The molecule has 18 heavy (non-hydrogen) atoms. The predicted octanol–water partition coefficient (Wildman–Crippen LogP) is -0.687. The van der Waals surface area contributed by atoms with Gasteiger partial charge in [-0.3, -0.25) is 9.48 Å². The first-order valence-electron chi connectivity index (χ1n) is 5.68. The lowest BCUT2D eigenvalue weighted by atomic mass is 10.1. The van der Waals surface area contributed by atoms with E-state index in [-0.39, 0.29) is 12.5 Å². The molecule has 0 aromatic carbocycles. The Hall–Kier alpha value is -1.41. The summed E-state index contributed by atoms with van der Waals surface area (Å²) in [5.74, 6) is -0.205. The Morgan fingerprint density at radius 1 is 1.56 bits per heavy atom. The van der Waals surface area contributed by atoms with Gasteiger partial charge in [-0.1, -0.05) is 0 Å². The van der Waals surface area contributed by atoms with Crippen LogP contribution in [0.3, 0.4) is 0 Å². The minimum atomic E-state index is -3.59. The third kappa shape index (κ3) is 2.54. The second-order valence-corrected chi connectivity index (χ2v) is 6.29. The fourth-order valence-electron chi connectivity index (χ4n) is 2.14. The Bertz CT molecular complexity index is 551. The maximum absolute atomic E-state index is 12.2. The van der Waals surface area contributed by atoms with Crippen LogP contribution in [-0.2, 0) is 17.1 Å². The van der Waals surface area contributed by atoms with E-state index in [1.165, 1.54) is 15.8 Å². The highest BCUT2D eigenvalue weighted by atomic mass is 32.2. The molecule has 0 bridgehead atoms. The van der Waals surface area contributed by atoms with Gasteiger partial charge in [0.1, 0.15) is 5.69 Å².